The van der Waals surface area contributed by atoms with Gasteiger partial charge in [0.25, 0.3) is 0 Å². The van der Waals surface area contributed by atoms with E-state index in [4.69, 9.17) is 4.74 Å². The molecule has 1 aromatic carbocycles. The van der Waals surface area contributed by atoms with Crippen LogP contribution in [0.4, 0.5) is 4.79 Å². The zero-order valence-corrected chi connectivity index (χ0v) is 11.2. The van der Waals surface area contributed by atoms with E-state index in [-0.39, 0.29) is 24.5 Å². The molecule has 0 saturated carbocycles. The Balaban J connectivity index is 1.90. The Labute approximate surface area is 114 Å². The molecule has 0 aliphatic carbocycles. The summed E-state index contributed by atoms with van der Waals surface area (Å²) in [6.45, 7) is 0.868. The van der Waals surface area contributed by atoms with E-state index < -0.39 is 0 Å². The Morgan fingerprint density at radius 2 is 2.05 bits per heavy atom. The monoisotopic (exact) mass is 259 g/mol. The average molecular weight is 259 g/mol. The van der Waals surface area contributed by atoms with E-state index in [0.717, 1.165) is 18.4 Å². The van der Waals surface area contributed by atoms with Crippen LogP contribution < -0.4 is 0 Å². The summed E-state index contributed by atoms with van der Waals surface area (Å²) in [7, 11) is 1.83. The lowest BCUT2D eigenvalue weighted by atomic mass is 9.95. The number of likely N-dealkylation sites (tertiary alicyclic amines) is 1. The van der Waals surface area contributed by atoms with Crippen LogP contribution in [0.2, 0.25) is 6.32 Å². The third-order valence-electron chi connectivity index (χ3n) is 3.41. The van der Waals surface area contributed by atoms with E-state index >= 15 is 0 Å². The Bertz CT molecular complexity index is 449. The Kier molecular flexibility index (Phi) is 4.60. The molecule has 1 fully saturated rings. The number of nitrogens with zero attached hydrogens (tertiary/aromatic N) is 1. The second-order valence-electron chi connectivity index (χ2n) is 4.71. The molecule has 1 heterocycles. The maximum absolute atomic E-state index is 12.0. The number of hydrogen-bond acceptors (Lipinski definition) is 3. The van der Waals surface area contributed by atoms with Gasteiger partial charge in [0.05, 0.1) is 6.04 Å². The maximum Gasteiger partial charge on any atom is 0.410 e. The smallest absolute Gasteiger partial charge is 0.410 e. The number of hydrogen-bond donors (Lipinski definition) is 0. The van der Waals surface area contributed by atoms with Crippen LogP contribution in [0.1, 0.15) is 18.4 Å². The summed E-state index contributed by atoms with van der Waals surface area (Å²) in [5, 5.41) is 0. The minimum absolute atomic E-state index is 0.120. The van der Waals surface area contributed by atoms with Gasteiger partial charge in [0, 0.05) is 6.54 Å². The molecule has 19 heavy (non-hydrogen) atoms. The molecule has 0 N–H and O–H groups in total. The van der Waals surface area contributed by atoms with Gasteiger partial charge < -0.3 is 4.74 Å². The van der Waals surface area contributed by atoms with Crippen LogP contribution in [0.15, 0.2) is 30.3 Å². The highest BCUT2D eigenvalue weighted by atomic mass is 16.6. The molecule has 2 rings (SSSR count). The van der Waals surface area contributed by atoms with Gasteiger partial charge in [0.1, 0.15) is 20.2 Å². The Hall–Kier alpha value is -1.78. The molecule has 0 unspecified atom stereocenters. The van der Waals surface area contributed by atoms with Gasteiger partial charge in [-0.2, -0.15) is 0 Å². The second-order valence-corrected chi connectivity index (χ2v) is 4.71. The van der Waals surface area contributed by atoms with Gasteiger partial charge in [0.15, 0.2) is 0 Å². The van der Waals surface area contributed by atoms with E-state index in [2.05, 4.69) is 0 Å². The fraction of sp³-hybridized carbons (Fsp3) is 0.429. The molecule has 0 bridgehead atoms. The first-order chi connectivity index (χ1) is 9.22. The van der Waals surface area contributed by atoms with E-state index in [1.54, 1.807) is 4.90 Å². The van der Waals surface area contributed by atoms with Crippen LogP contribution in [0.3, 0.4) is 0 Å². The summed E-state index contributed by atoms with van der Waals surface area (Å²) in [6, 6.07) is 9.26. The molecule has 1 saturated heterocycles. The van der Waals surface area contributed by atoms with Gasteiger partial charge in [-0.1, -0.05) is 30.3 Å². The van der Waals surface area contributed by atoms with Crippen molar-refractivity contribution in [2.24, 2.45) is 0 Å². The Morgan fingerprint density at radius 1 is 1.32 bits per heavy atom. The highest BCUT2D eigenvalue weighted by Gasteiger charge is 2.33. The van der Waals surface area contributed by atoms with Crippen molar-refractivity contribution in [2.75, 3.05) is 6.54 Å². The number of ketones is 1. The molecule has 0 spiro atoms. The molecule has 1 amide bonds. The summed E-state index contributed by atoms with van der Waals surface area (Å²) >= 11 is 0. The van der Waals surface area contributed by atoms with E-state index in [1.165, 1.54) is 0 Å². The first kappa shape index (κ1) is 13.7. The molecular weight excluding hydrogens is 241 g/mol. The molecule has 1 atom stereocenters. The summed E-state index contributed by atoms with van der Waals surface area (Å²) in [5.41, 5.74) is 0.952. The van der Waals surface area contributed by atoms with Crippen molar-refractivity contribution in [2.45, 2.75) is 31.8 Å². The maximum atomic E-state index is 12.0. The summed E-state index contributed by atoms with van der Waals surface area (Å²) in [6.07, 6.45) is 1.71. The number of rotatable bonds is 4. The molecule has 100 valence electrons. The quantitative estimate of drug-likeness (QED) is 0.768. The average Bonchev–Trinajstić information content (AvgIpc) is 2.94. The van der Waals surface area contributed by atoms with Gasteiger partial charge in [-0.15, -0.1) is 0 Å². The lowest BCUT2D eigenvalue weighted by Gasteiger charge is -2.22. The number of Topliss-reactive ketones (excluding diaryl/α,β-unsaturated/α-hetero) is 1. The number of benzene rings is 1. The zero-order chi connectivity index (χ0) is 13.7. The predicted octanol–water partition coefficient (Wildman–Crippen LogP) is 1.41. The fourth-order valence-electron chi connectivity index (χ4n) is 2.36. The van der Waals surface area contributed by atoms with Gasteiger partial charge in [-0.05, 0) is 24.7 Å². The highest BCUT2D eigenvalue weighted by Crippen LogP contribution is 2.20. The molecular formula is C14H18BNO3. The Morgan fingerprint density at radius 3 is 2.74 bits per heavy atom. The van der Waals surface area contributed by atoms with Gasteiger partial charge in [-0.3, -0.25) is 9.69 Å². The lowest BCUT2D eigenvalue weighted by Crippen LogP contribution is -2.40. The SMILES string of the molecule is BCC(=O)[C@@H]1CCCN1C(=O)OCc1ccccc1. The zero-order valence-electron chi connectivity index (χ0n) is 11.2. The van der Waals surface area contributed by atoms with Crippen molar-refractivity contribution in [3.63, 3.8) is 0 Å². The number of carbonyl (C=O) groups excluding carboxylic acids is 2. The van der Waals surface area contributed by atoms with Crippen LogP contribution in [0.5, 0.6) is 0 Å². The van der Waals surface area contributed by atoms with Crippen LogP contribution in [-0.2, 0) is 16.1 Å². The van der Waals surface area contributed by atoms with Crippen molar-refractivity contribution in [1.29, 1.82) is 0 Å². The largest absolute Gasteiger partial charge is 0.445 e. The van der Waals surface area contributed by atoms with Gasteiger partial charge in [-0.25, -0.2) is 4.79 Å². The highest BCUT2D eigenvalue weighted by molar-refractivity contribution is 6.21. The number of ether oxygens (including phenoxy) is 1. The van der Waals surface area contributed by atoms with Crippen LogP contribution in [0.25, 0.3) is 0 Å². The molecule has 5 heteroatoms. The summed E-state index contributed by atoms with van der Waals surface area (Å²) < 4.78 is 5.27. The van der Waals surface area contributed by atoms with Gasteiger partial charge >= 0.3 is 6.09 Å². The molecule has 0 radical (unpaired) electrons. The molecule has 4 nitrogen and oxygen atoms in total. The van der Waals surface area contributed by atoms with E-state index in [1.807, 2.05) is 38.2 Å². The normalized spacial score (nSPS) is 18.3. The van der Waals surface area contributed by atoms with E-state index in [0.29, 0.717) is 12.9 Å². The predicted molar refractivity (Wildman–Crippen MR) is 74.7 cm³/mol. The third kappa shape index (κ3) is 3.37. The molecule has 0 aromatic heterocycles. The van der Waals surface area contributed by atoms with Crippen molar-refractivity contribution in [1.82, 2.24) is 4.90 Å². The van der Waals surface area contributed by atoms with Crippen molar-refractivity contribution < 1.29 is 14.3 Å². The molecule has 1 aromatic rings. The first-order valence-corrected chi connectivity index (χ1v) is 6.72. The van der Waals surface area contributed by atoms with Crippen molar-refractivity contribution in [3.05, 3.63) is 35.9 Å². The summed E-state index contributed by atoms with van der Waals surface area (Å²) in [4.78, 5) is 25.3. The first-order valence-electron chi connectivity index (χ1n) is 6.72. The molecule has 1 aliphatic heterocycles. The van der Waals surface area contributed by atoms with Gasteiger partial charge in [0.2, 0.25) is 0 Å². The van der Waals surface area contributed by atoms with Crippen molar-refractivity contribution in [3.8, 4) is 0 Å². The third-order valence-corrected chi connectivity index (χ3v) is 3.41. The minimum atomic E-state index is -0.381. The van der Waals surface area contributed by atoms with Crippen LogP contribution >= 0.6 is 0 Å². The standard InChI is InChI=1S/C14H18BNO3/c15-9-13(17)12-7-4-8-16(12)14(18)19-10-11-5-2-1-3-6-11/h1-3,5-6,12H,4,7-10,15H2/t12-/m0/s1. The number of carbonyl (C=O) groups is 2. The second kappa shape index (κ2) is 6.41. The summed E-state index contributed by atoms with van der Waals surface area (Å²) in [5.74, 6) is 0.120. The molecule has 1 aliphatic rings. The van der Waals surface area contributed by atoms with Crippen LogP contribution in [0, 0.1) is 0 Å². The topological polar surface area (TPSA) is 46.6 Å². The number of amides is 1. The van der Waals surface area contributed by atoms with Crippen LogP contribution in [-0.4, -0.2) is 37.2 Å². The van der Waals surface area contributed by atoms with E-state index in [9.17, 15) is 9.59 Å². The minimum Gasteiger partial charge on any atom is -0.445 e. The fourth-order valence-corrected chi connectivity index (χ4v) is 2.36. The lowest BCUT2D eigenvalue weighted by molar-refractivity contribution is -0.120. The van der Waals surface area contributed by atoms with Crippen molar-refractivity contribution >= 4 is 19.7 Å².